The van der Waals surface area contributed by atoms with Crippen molar-refractivity contribution in [2.24, 2.45) is 0 Å². The highest BCUT2D eigenvalue weighted by Crippen LogP contribution is 2.12. The van der Waals surface area contributed by atoms with Crippen LogP contribution in [0.15, 0.2) is 65.6 Å². The Balaban J connectivity index is 1.83. The molecular weight excluding hydrogens is 286 g/mol. The molecular formula is C16H17NO3S. The molecule has 0 saturated heterocycles. The molecule has 2 aromatic carbocycles. The van der Waals surface area contributed by atoms with Crippen molar-refractivity contribution in [1.82, 2.24) is 0 Å². The van der Waals surface area contributed by atoms with Crippen LogP contribution < -0.4 is 5.32 Å². The van der Waals surface area contributed by atoms with Gasteiger partial charge in [-0.25, -0.2) is 8.42 Å². The Morgan fingerprint density at radius 3 is 2.10 bits per heavy atom. The minimum absolute atomic E-state index is 0.0285. The number of hydrogen-bond acceptors (Lipinski definition) is 3. The molecule has 2 aromatic rings. The third kappa shape index (κ3) is 4.72. The predicted molar refractivity (Wildman–Crippen MR) is 82.8 cm³/mol. The molecule has 0 atom stereocenters. The lowest BCUT2D eigenvalue weighted by Crippen LogP contribution is -2.14. The number of sulfone groups is 1. The summed E-state index contributed by atoms with van der Waals surface area (Å²) in [6.45, 7) is 0. The number of para-hydroxylation sites is 1. The minimum Gasteiger partial charge on any atom is -0.326 e. The van der Waals surface area contributed by atoms with Crippen molar-refractivity contribution >= 4 is 21.4 Å². The van der Waals surface area contributed by atoms with E-state index in [2.05, 4.69) is 5.32 Å². The van der Waals surface area contributed by atoms with E-state index in [-0.39, 0.29) is 18.1 Å². The minimum atomic E-state index is -3.31. The number of nitrogens with one attached hydrogen (secondary N) is 1. The van der Waals surface area contributed by atoms with Gasteiger partial charge in [0.25, 0.3) is 0 Å². The van der Waals surface area contributed by atoms with Crippen molar-refractivity contribution in [3.63, 3.8) is 0 Å². The smallest absolute Gasteiger partial charge is 0.224 e. The van der Waals surface area contributed by atoms with E-state index in [1.54, 1.807) is 42.5 Å². The van der Waals surface area contributed by atoms with E-state index in [1.807, 2.05) is 18.2 Å². The van der Waals surface area contributed by atoms with Gasteiger partial charge < -0.3 is 5.32 Å². The second-order valence-electron chi connectivity index (χ2n) is 4.65. The van der Waals surface area contributed by atoms with Crippen LogP contribution in [0, 0.1) is 0 Å². The molecule has 4 nitrogen and oxygen atoms in total. The fourth-order valence-electron chi connectivity index (χ4n) is 1.91. The lowest BCUT2D eigenvalue weighted by molar-refractivity contribution is -0.116. The van der Waals surface area contributed by atoms with Gasteiger partial charge in [-0.2, -0.15) is 0 Å². The van der Waals surface area contributed by atoms with Gasteiger partial charge in [0.15, 0.2) is 9.84 Å². The molecule has 0 bridgehead atoms. The van der Waals surface area contributed by atoms with Crippen LogP contribution in [0.2, 0.25) is 0 Å². The second kappa shape index (κ2) is 7.04. The SMILES string of the molecule is O=C(CCCS(=O)(=O)c1ccccc1)Nc1ccccc1. The lowest BCUT2D eigenvalue weighted by atomic mass is 10.3. The largest absolute Gasteiger partial charge is 0.326 e. The summed E-state index contributed by atoms with van der Waals surface area (Å²) in [5.74, 6) is -0.205. The number of anilines is 1. The number of amides is 1. The number of rotatable bonds is 6. The van der Waals surface area contributed by atoms with Crippen molar-refractivity contribution in [2.45, 2.75) is 17.7 Å². The molecule has 0 aromatic heterocycles. The normalized spacial score (nSPS) is 11.0. The average molecular weight is 303 g/mol. The fraction of sp³-hybridized carbons (Fsp3) is 0.188. The van der Waals surface area contributed by atoms with Crippen LogP contribution in [0.3, 0.4) is 0 Å². The van der Waals surface area contributed by atoms with E-state index < -0.39 is 9.84 Å². The van der Waals surface area contributed by atoms with Gasteiger partial charge in [0, 0.05) is 12.1 Å². The molecule has 0 spiro atoms. The van der Waals surface area contributed by atoms with Gasteiger partial charge in [0.1, 0.15) is 0 Å². The number of hydrogen-bond donors (Lipinski definition) is 1. The standard InChI is InChI=1S/C16H17NO3S/c18-16(17-14-8-3-1-4-9-14)12-7-13-21(19,20)15-10-5-2-6-11-15/h1-6,8-11H,7,12-13H2,(H,17,18). The predicted octanol–water partition coefficient (Wildman–Crippen LogP) is 2.88. The second-order valence-corrected chi connectivity index (χ2v) is 6.76. The summed E-state index contributed by atoms with van der Waals surface area (Å²) < 4.78 is 24.1. The molecule has 1 N–H and O–H groups in total. The Bertz CT molecular complexity index is 682. The summed E-state index contributed by atoms with van der Waals surface area (Å²) in [5, 5.41) is 2.73. The molecule has 5 heteroatoms. The summed E-state index contributed by atoms with van der Waals surface area (Å²) in [6, 6.07) is 17.4. The molecule has 0 unspecified atom stereocenters. The molecule has 21 heavy (non-hydrogen) atoms. The third-order valence-corrected chi connectivity index (χ3v) is 4.79. The molecule has 0 aliphatic rings. The molecule has 0 aliphatic carbocycles. The number of carbonyl (C=O) groups is 1. The van der Waals surface area contributed by atoms with E-state index in [9.17, 15) is 13.2 Å². The summed E-state index contributed by atoms with van der Waals surface area (Å²) in [5.41, 5.74) is 0.716. The first kappa shape index (κ1) is 15.3. The molecule has 0 saturated carbocycles. The van der Waals surface area contributed by atoms with E-state index in [1.165, 1.54) is 0 Å². The first-order valence-electron chi connectivity index (χ1n) is 6.71. The molecule has 0 fully saturated rings. The summed E-state index contributed by atoms with van der Waals surface area (Å²) in [6.07, 6.45) is 0.483. The first-order chi connectivity index (χ1) is 10.1. The molecule has 1 amide bonds. The number of carbonyl (C=O) groups excluding carboxylic acids is 1. The van der Waals surface area contributed by atoms with E-state index in [4.69, 9.17) is 0 Å². The zero-order valence-electron chi connectivity index (χ0n) is 11.5. The summed E-state index contributed by atoms with van der Waals surface area (Å²) >= 11 is 0. The van der Waals surface area contributed by atoms with Crippen molar-refractivity contribution in [2.75, 3.05) is 11.1 Å². The fourth-order valence-corrected chi connectivity index (χ4v) is 3.25. The van der Waals surface area contributed by atoms with Crippen LogP contribution in [0.1, 0.15) is 12.8 Å². The maximum absolute atomic E-state index is 12.0. The van der Waals surface area contributed by atoms with Crippen LogP contribution in [0.25, 0.3) is 0 Å². The molecule has 0 radical (unpaired) electrons. The van der Waals surface area contributed by atoms with Crippen molar-refractivity contribution < 1.29 is 13.2 Å². The Kier molecular flexibility index (Phi) is 5.11. The maximum Gasteiger partial charge on any atom is 0.224 e. The highest BCUT2D eigenvalue weighted by atomic mass is 32.2. The summed E-state index contributed by atoms with van der Waals surface area (Å²) in [7, 11) is -3.31. The molecule has 110 valence electrons. The Hall–Kier alpha value is -2.14. The average Bonchev–Trinajstić information content (AvgIpc) is 2.49. The van der Waals surface area contributed by atoms with Crippen LogP contribution in [0.5, 0.6) is 0 Å². The van der Waals surface area contributed by atoms with Gasteiger partial charge in [-0.05, 0) is 30.7 Å². The topological polar surface area (TPSA) is 63.2 Å². The van der Waals surface area contributed by atoms with Crippen LogP contribution in [-0.4, -0.2) is 20.1 Å². The lowest BCUT2D eigenvalue weighted by Gasteiger charge is -2.06. The Morgan fingerprint density at radius 1 is 0.905 bits per heavy atom. The van der Waals surface area contributed by atoms with Gasteiger partial charge >= 0.3 is 0 Å². The van der Waals surface area contributed by atoms with Gasteiger partial charge in [0.2, 0.25) is 5.91 Å². The van der Waals surface area contributed by atoms with Crippen LogP contribution in [0.4, 0.5) is 5.69 Å². The summed E-state index contributed by atoms with van der Waals surface area (Å²) in [4.78, 5) is 12.0. The van der Waals surface area contributed by atoms with Crippen LogP contribution in [-0.2, 0) is 14.6 Å². The third-order valence-electron chi connectivity index (χ3n) is 2.98. The zero-order valence-corrected chi connectivity index (χ0v) is 12.3. The van der Waals surface area contributed by atoms with Crippen LogP contribution >= 0.6 is 0 Å². The molecule has 0 heterocycles. The zero-order chi connectivity index (χ0) is 15.1. The number of benzene rings is 2. The molecule has 2 rings (SSSR count). The highest BCUT2D eigenvalue weighted by molar-refractivity contribution is 7.91. The van der Waals surface area contributed by atoms with Gasteiger partial charge in [-0.1, -0.05) is 36.4 Å². The Labute approximate surface area is 124 Å². The van der Waals surface area contributed by atoms with E-state index >= 15 is 0 Å². The quantitative estimate of drug-likeness (QED) is 0.892. The van der Waals surface area contributed by atoms with Gasteiger partial charge in [-0.15, -0.1) is 0 Å². The van der Waals surface area contributed by atoms with Crippen molar-refractivity contribution in [1.29, 1.82) is 0 Å². The van der Waals surface area contributed by atoms with Gasteiger partial charge in [0.05, 0.1) is 10.6 Å². The monoisotopic (exact) mass is 303 g/mol. The molecule has 0 aliphatic heterocycles. The Morgan fingerprint density at radius 2 is 1.48 bits per heavy atom. The van der Waals surface area contributed by atoms with Crippen molar-refractivity contribution in [3.05, 3.63) is 60.7 Å². The van der Waals surface area contributed by atoms with Crippen molar-refractivity contribution in [3.8, 4) is 0 Å². The maximum atomic E-state index is 12.0. The van der Waals surface area contributed by atoms with Gasteiger partial charge in [-0.3, -0.25) is 4.79 Å². The van der Waals surface area contributed by atoms with E-state index in [0.29, 0.717) is 17.0 Å². The highest BCUT2D eigenvalue weighted by Gasteiger charge is 2.14. The first-order valence-corrected chi connectivity index (χ1v) is 8.36. The van der Waals surface area contributed by atoms with E-state index in [0.717, 1.165) is 0 Å².